The molecule has 0 saturated carbocycles. The minimum Gasteiger partial charge on any atom is -0.496 e. The third kappa shape index (κ3) is 4.91. The zero-order valence-corrected chi connectivity index (χ0v) is 19.4. The van der Waals surface area contributed by atoms with Crippen LogP contribution in [0.4, 0.5) is 5.69 Å². The van der Waals surface area contributed by atoms with Crippen LogP contribution < -0.4 is 13.8 Å². The van der Waals surface area contributed by atoms with Crippen molar-refractivity contribution in [3.8, 4) is 11.5 Å². The first-order valence-corrected chi connectivity index (χ1v) is 12.1. The van der Waals surface area contributed by atoms with E-state index in [-0.39, 0.29) is 29.4 Å². The average Bonchev–Trinajstić information content (AvgIpc) is 3.26. The highest BCUT2D eigenvalue weighted by Crippen LogP contribution is 2.34. The topological polar surface area (TPSA) is 82.1 Å². The molecule has 0 bridgehead atoms. The molecule has 0 amide bonds. The number of rotatable bonds is 8. The van der Waals surface area contributed by atoms with Crippen LogP contribution in [-0.4, -0.2) is 41.3 Å². The van der Waals surface area contributed by atoms with Gasteiger partial charge in [-0.15, -0.1) is 0 Å². The molecule has 0 atom stereocenters. The van der Waals surface area contributed by atoms with Gasteiger partial charge in [0.25, 0.3) is 10.0 Å². The Kier molecular flexibility index (Phi) is 6.76. The van der Waals surface area contributed by atoms with E-state index in [1.807, 2.05) is 12.1 Å². The Morgan fingerprint density at radius 1 is 1.03 bits per heavy atom. The highest BCUT2D eigenvalue weighted by molar-refractivity contribution is 7.92. The van der Waals surface area contributed by atoms with Gasteiger partial charge in [-0.1, -0.05) is 35.9 Å². The Morgan fingerprint density at radius 2 is 1.85 bits per heavy atom. The molecule has 3 aromatic rings. The van der Waals surface area contributed by atoms with E-state index in [9.17, 15) is 13.2 Å². The van der Waals surface area contributed by atoms with Crippen molar-refractivity contribution < 1.29 is 27.4 Å². The molecule has 7 nitrogen and oxygen atoms in total. The Labute approximate surface area is 197 Å². The van der Waals surface area contributed by atoms with Crippen LogP contribution in [0.25, 0.3) is 0 Å². The van der Waals surface area contributed by atoms with Crippen molar-refractivity contribution in [3.63, 3.8) is 0 Å². The molecule has 4 rings (SSSR count). The van der Waals surface area contributed by atoms with E-state index < -0.39 is 16.0 Å². The van der Waals surface area contributed by atoms with Crippen LogP contribution in [0.15, 0.2) is 71.6 Å². The molecular formula is C24H22ClNO6S. The number of sulfonamides is 1. The molecule has 3 aromatic carbocycles. The summed E-state index contributed by atoms with van der Waals surface area (Å²) in [6.45, 7) is 0.413. The van der Waals surface area contributed by atoms with E-state index in [1.165, 1.54) is 29.6 Å². The van der Waals surface area contributed by atoms with Crippen molar-refractivity contribution in [2.45, 2.75) is 11.3 Å². The SMILES string of the molecule is COc1ccc(S(=O)(=O)N2CCc3ccccc32)cc1C(=O)OCCOc1cccc(Cl)c1. The maximum Gasteiger partial charge on any atom is 0.342 e. The normalized spacial score (nSPS) is 12.8. The second-order valence-corrected chi connectivity index (χ2v) is 9.56. The first kappa shape index (κ1) is 22.9. The number of hydrogen-bond acceptors (Lipinski definition) is 6. The number of fused-ring (bicyclic) bond motifs is 1. The fraction of sp³-hybridized carbons (Fsp3) is 0.208. The maximum absolute atomic E-state index is 13.3. The van der Waals surface area contributed by atoms with Gasteiger partial charge in [0.15, 0.2) is 0 Å². The van der Waals surface area contributed by atoms with Crippen LogP contribution in [0, 0.1) is 0 Å². The lowest BCUT2D eigenvalue weighted by Gasteiger charge is -2.20. The first-order valence-electron chi connectivity index (χ1n) is 10.2. The van der Waals surface area contributed by atoms with Gasteiger partial charge in [0.2, 0.25) is 0 Å². The molecule has 1 aliphatic rings. The number of benzene rings is 3. The summed E-state index contributed by atoms with van der Waals surface area (Å²) in [4.78, 5) is 12.7. The van der Waals surface area contributed by atoms with Crippen molar-refractivity contribution in [1.82, 2.24) is 0 Å². The Morgan fingerprint density at radius 3 is 2.64 bits per heavy atom. The summed E-state index contributed by atoms with van der Waals surface area (Å²) in [5.41, 5.74) is 1.64. The minimum absolute atomic E-state index is 0.0119. The molecular weight excluding hydrogens is 466 g/mol. The molecule has 9 heteroatoms. The number of para-hydroxylation sites is 1. The van der Waals surface area contributed by atoms with Gasteiger partial charge in [0.1, 0.15) is 30.3 Å². The summed E-state index contributed by atoms with van der Waals surface area (Å²) in [5, 5.41) is 0.535. The number of halogens is 1. The number of hydrogen-bond donors (Lipinski definition) is 0. The highest BCUT2D eigenvalue weighted by atomic mass is 35.5. The predicted molar refractivity (Wildman–Crippen MR) is 125 cm³/mol. The van der Waals surface area contributed by atoms with Crippen molar-refractivity contribution in [1.29, 1.82) is 0 Å². The van der Waals surface area contributed by atoms with E-state index in [4.69, 9.17) is 25.8 Å². The van der Waals surface area contributed by atoms with Crippen LogP contribution in [0.5, 0.6) is 11.5 Å². The van der Waals surface area contributed by atoms with Gasteiger partial charge in [-0.2, -0.15) is 0 Å². The molecule has 33 heavy (non-hydrogen) atoms. The van der Waals surface area contributed by atoms with Gasteiger partial charge in [0.05, 0.1) is 17.7 Å². The molecule has 0 N–H and O–H groups in total. The standard InChI is InChI=1S/C24H22ClNO6S/c1-30-23-10-9-20(33(28,29)26-12-11-17-5-2-3-8-22(17)26)16-21(23)24(27)32-14-13-31-19-7-4-6-18(25)15-19/h2-10,15-16H,11-14H2,1H3. The highest BCUT2D eigenvalue weighted by Gasteiger charge is 2.31. The molecule has 0 fully saturated rings. The predicted octanol–water partition coefficient (Wildman–Crippen LogP) is 4.34. The zero-order valence-electron chi connectivity index (χ0n) is 17.9. The molecule has 1 heterocycles. The number of carbonyl (C=O) groups is 1. The van der Waals surface area contributed by atoms with Gasteiger partial charge in [-0.3, -0.25) is 4.31 Å². The van der Waals surface area contributed by atoms with Gasteiger partial charge in [-0.25, -0.2) is 13.2 Å². The van der Waals surface area contributed by atoms with Gasteiger partial charge in [-0.05, 0) is 54.4 Å². The third-order valence-corrected chi connectivity index (χ3v) is 7.25. The van der Waals surface area contributed by atoms with Crippen LogP contribution in [-0.2, 0) is 21.2 Å². The summed E-state index contributed by atoms with van der Waals surface area (Å²) in [5.74, 6) is 0.0621. The molecule has 0 aliphatic carbocycles. The summed E-state index contributed by atoms with van der Waals surface area (Å²) in [6, 6.07) is 18.4. The monoisotopic (exact) mass is 487 g/mol. The molecule has 0 spiro atoms. The molecule has 0 radical (unpaired) electrons. The second kappa shape index (κ2) is 9.72. The summed E-state index contributed by atoms with van der Waals surface area (Å²) in [6.07, 6.45) is 0.632. The van der Waals surface area contributed by atoms with E-state index in [0.717, 1.165) is 5.56 Å². The number of nitrogens with zero attached hydrogens (tertiary/aromatic N) is 1. The van der Waals surface area contributed by atoms with E-state index >= 15 is 0 Å². The molecule has 0 aromatic heterocycles. The van der Waals surface area contributed by atoms with E-state index in [1.54, 1.807) is 36.4 Å². The number of ether oxygens (including phenoxy) is 3. The van der Waals surface area contributed by atoms with Gasteiger partial charge < -0.3 is 14.2 Å². The quantitative estimate of drug-likeness (QED) is 0.347. The smallest absolute Gasteiger partial charge is 0.342 e. The minimum atomic E-state index is -3.87. The van der Waals surface area contributed by atoms with E-state index in [2.05, 4.69) is 0 Å². The Balaban J connectivity index is 1.49. The number of anilines is 1. The fourth-order valence-electron chi connectivity index (χ4n) is 3.62. The summed E-state index contributed by atoms with van der Waals surface area (Å²) < 4.78 is 44.0. The Bertz CT molecular complexity index is 1280. The molecule has 0 unspecified atom stereocenters. The average molecular weight is 488 g/mol. The zero-order chi connectivity index (χ0) is 23.4. The van der Waals surface area contributed by atoms with Crippen LogP contribution >= 0.6 is 11.6 Å². The fourth-order valence-corrected chi connectivity index (χ4v) is 5.33. The lowest BCUT2D eigenvalue weighted by Crippen LogP contribution is -2.29. The third-order valence-electron chi connectivity index (χ3n) is 5.20. The number of esters is 1. The first-order chi connectivity index (χ1) is 15.9. The van der Waals surface area contributed by atoms with Gasteiger partial charge >= 0.3 is 5.97 Å². The molecule has 0 saturated heterocycles. The van der Waals surface area contributed by atoms with E-state index in [0.29, 0.717) is 29.4 Å². The van der Waals surface area contributed by atoms with Crippen LogP contribution in [0.2, 0.25) is 5.02 Å². The van der Waals surface area contributed by atoms with Crippen molar-refractivity contribution in [3.05, 3.63) is 82.9 Å². The van der Waals surface area contributed by atoms with Crippen molar-refractivity contribution in [2.24, 2.45) is 0 Å². The summed E-state index contributed by atoms with van der Waals surface area (Å²) in [7, 11) is -2.46. The van der Waals surface area contributed by atoms with Crippen LogP contribution in [0.3, 0.4) is 0 Å². The largest absolute Gasteiger partial charge is 0.496 e. The second-order valence-electron chi connectivity index (χ2n) is 7.26. The number of methoxy groups -OCH3 is 1. The lowest BCUT2D eigenvalue weighted by atomic mass is 10.2. The number of carbonyl (C=O) groups excluding carboxylic acids is 1. The van der Waals surface area contributed by atoms with Crippen molar-refractivity contribution >= 4 is 33.3 Å². The van der Waals surface area contributed by atoms with Crippen molar-refractivity contribution in [2.75, 3.05) is 31.2 Å². The maximum atomic E-state index is 13.3. The molecule has 172 valence electrons. The summed E-state index contributed by atoms with van der Waals surface area (Å²) >= 11 is 5.92. The van der Waals surface area contributed by atoms with Crippen LogP contribution in [0.1, 0.15) is 15.9 Å². The molecule has 1 aliphatic heterocycles. The lowest BCUT2D eigenvalue weighted by molar-refractivity contribution is 0.0446. The Hall–Kier alpha value is -3.23. The van der Waals surface area contributed by atoms with Gasteiger partial charge in [0, 0.05) is 11.6 Å².